The van der Waals surface area contributed by atoms with E-state index >= 15 is 0 Å². The molecule has 1 unspecified atom stereocenters. The van der Waals surface area contributed by atoms with Gasteiger partial charge in [0.05, 0.1) is 0 Å². The lowest BCUT2D eigenvalue weighted by atomic mass is 9.63. The van der Waals surface area contributed by atoms with Gasteiger partial charge in [-0.3, -0.25) is 0 Å². The van der Waals surface area contributed by atoms with Crippen LogP contribution < -0.4 is 5.32 Å². The number of carbonyl (C=O) groups is 1. The number of aldehydes is 1. The van der Waals surface area contributed by atoms with E-state index in [1.807, 2.05) is 0 Å². The Balaban J connectivity index is 2.11. The SMILES string of the molecule is O=CC1CNCC12CCC2. The normalized spacial score (nSPS) is 35.8. The monoisotopic (exact) mass is 139 g/mol. The van der Waals surface area contributed by atoms with Crippen LogP contribution in [0.5, 0.6) is 0 Å². The van der Waals surface area contributed by atoms with Crippen molar-refractivity contribution in [1.29, 1.82) is 0 Å². The molecule has 2 aliphatic rings. The van der Waals surface area contributed by atoms with Gasteiger partial charge < -0.3 is 10.1 Å². The van der Waals surface area contributed by atoms with Crippen molar-refractivity contribution in [3.8, 4) is 0 Å². The average molecular weight is 139 g/mol. The number of hydrogen-bond acceptors (Lipinski definition) is 2. The Morgan fingerprint density at radius 2 is 2.30 bits per heavy atom. The van der Waals surface area contributed by atoms with Crippen LogP contribution in [0.3, 0.4) is 0 Å². The van der Waals surface area contributed by atoms with Crippen molar-refractivity contribution in [1.82, 2.24) is 5.32 Å². The summed E-state index contributed by atoms with van der Waals surface area (Å²) in [6, 6.07) is 0. The molecule has 1 spiro atoms. The minimum absolute atomic E-state index is 0.321. The molecule has 0 aromatic rings. The molecule has 56 valence electrons. The quantitative estimate of drug-likeness (QED) is 0.538. The molecule has 1 saturated heterocycles. The van der Waals surface area contributed by atoms with Crippen molar-refractivity contribution in [2.45, 2.75) is 19.3 Å². The molecule has 1 heterocycles. The second-order valence-corrected chi connectivity index (χ2v) is 3.59. The lowest BCUT2D eigenvalue weighted by Crippen LogP contribution is -2.37. The molecule has 0 amide bonds. The predicted molar refractivity (Wildman–Crippen MR) is 38.7 cm³/mol. The van der Waals surface area contributed by atoms with Gasteiger partial charge in [-0.05, 0) is 18.3 Å². The summed E-state index contributed by atoms with van der Waals surface area (Å²) in [5.41, 5.74) is 0.405. The van der Waals surface area contributed by atoms with E-state index in [1.165, 1.54) is 19.3 Å². The molecule has 2 rings (SSSR count). The van der Waals surface area contributed by atoms with E-state index in [1.54, 1.807) is 0 Å². The molecule has 2 heteroatoms. The van der Waals surface area contributed by atoms with Gasteiger partial charge in [-0.2, -0.15) is 0 Å². The summed E-state index contributed by atoms with van der Waals surface area (Å²) >= 11 is 0. The molecule has 1 atom stereocenters. The maximum absolute atomic E-state index is 10.6. The topological polar surface area (TPSA) is 29.1 Å². The largest absolute Gasteiger partial charge is 0.315 e. The van der Waals surface area contributed by atoms with Gasteiger partial charge in [0.1, 0.15) is 6.29 Å². The van der Waals surface area contributed by atoms with Crippen molar-refractivity contribution in [3.05, 3.63) is 0 Å². The first-order valence-electron chi connectivity index (χ1n) is 4.03. The molecule has 0 aromatic carbocycles. The summed E-state index contributed by atoms with van der Waals surface area (Å²) in [5.74, 6) is 0.321. The van der Waals surface area contributed by atoms with Crippen molar-refractivity contribution >= 4 is 6.29 Å². The Hall–Kier alpha value is -0.370. The average Bonchev–Trinajstić information content (AvgIpc) is 2.27. The van der Waals surface area contributed by atoms with Crippen molar-refractivity contribution < 1.29 is 4.79 Å². The van der Waals surface area contributed by atoms with Gasteiger partial charge >= 0.3 is 0 Å². The van der Waals surface area contributed by atoms with Crippen LogP contribution in [-0.4, -0.2) is 19.4 Å². The zero-order valence-electron chi connectivity index (χ0n) is 6.10. The Morgan fingerprint density at radius 3 is 2.70 bits per heavy atom. The molecular formula is C8H13NO. The molecule has 0 bridgehead atoms. The first kappa shape index (κ1) is 6.35. The van der Waals surface area contributed by atoms with Crippen molar-refractivity contribution in [3.63, 3.8) is 0 Å². The number of hydrogen-bond donors (Lipinski definition) is 1. The molecule has 1 N–H and O–H groups in total. The second kappa shape index (κ2) is 2.06. The lowest BCUT2D eigenvalue weighted by Gasteiger charge is -2.40. The molecular weight excluding hydrogens is 126 g/mol. The third-order valence-corrected chi connectivity index (χ3v) is 3.14. The highest BCUT2D eigenvalue weighted by molar-refractivity contribution is 5.56. The van der Waals surface area contributed by atoms with Gasteiger partial charge in [0.15, 0.2) is 0 Å². The van der Waals surface area contributed by atoms with E-state index in [-0.39, 0.29) is 0 Å². The van der Waals surface area contributed by atoms with E-state index in [0.29, 0.717) is 11.3 Å². The van der Waals surface area contributed by atoms with Crippen LogP contribution in [0.25, 0.3) is 0 Å². The fourth-order valence-corrected chi connectivity index (χ4v) is 2.20. The van der Waals surface area contributed by atoms with Crippen LogP contribution in [0.1, 0.15) is 19.3 Å². The second-order valence-electron chi connectivity index (χ2n) is 3.59. The molecule has 2 fully saturated rings. The lowest BCUT2D eigenvalue weighted by molar-refractivity contribution is -0.115. The standard InChI is InChI=1S/C8H13NO/c10-5-7-4-9-6-8(7)2-1-3-8/h5,7,9H,1-4,6H2. The number of carbonyl (C=O) groups excluding carboxylic acids is 1. The van der Waals surface area contributed by atoms with Crippen LogP contribution in [-0.2, 0) is 4.79 Å². The maximum atomic E-state index is 10.6. The number of nitrogens with one attached hydrogen (secondary N) is 1. The van der Waals surface area contributed by atoms with Crippen LogP contribution in [0.2, 0.25) is 0 Å². The van der Waals surface area contributed by atoms with Gasteiger partial charge in [-0.25, -0.2) is 0 Å². The summed E-state index contributed by atoms with van der Waals surface area (Å²) in [6.07, 6.45) is 5.00. The van der Waals surface area contributed by atoms with E-state index in [0.717, 1.165) is 19.4 Å². The minimum atomic E-state index is 0.321. The summed E-state index contributed by atoms with van der Waals surface area (Å²) in [7, 11) is 0. The van der Waals surface area contributed by atoms with E-state index < -0.39 is 0 Å². The molecule has 1 aliphatic heterocycles. The van der Waals surface area contributed by atoms with Crippen LogP contribution in [0.15, 0.2) is 0 Å². The smallest absolute Gasteiger partial charge is 0.124 e. The predicted octanol–water partition coefficient (Wildman–Crippen LogP) is 0.575. The zero-order valence-corrected chi connectivity index (χ0v) is 6.10. The molecule has 1 saturated carbocycles. The van der Waals surface area contributed by atoms with E-state index in [4.69, 9.17) is 0 Å². The van der Waals surface area contributed by atoms with Gasteiger partial charge in [-0.1, -0.05) is 6.42 Å². The summed E-state index contributed by atoms with van der Waals surface area (Å²) < 4.78 is 0. The van der Waals surface area contributed by atoms with Gasteiger partial charge in [0, 0.05) is 19.0 Å². The Morgan fingerprint density at radius 1 is 1.50 bits per heavy atom. The molecule has 0 aromatic heterocycles. The molecule has 10 heavy (non-hydrogen) atoms. The molecule has 2 nitrogen and oxygen atoms in total. The van der Waals surface area contributed by atoms with E-state index in [9.17, 15) is 4.79 Å². The summed E-state index contributed by atoms with van der Waals surface area (Å²) in [5, 5.41) is 3.28. The highest BCUT2D eigenvalue weighted by Gasteiger charge is 2.46. The van der Waals surface area contributed by atoms with Crippen LogP contribution in [0.4, 0.5) is 0 Å². The van der Waals surface area contributed by atoms with Gasteiger partial charge in [-0.15, -0.1) is 0 Å². The third kappa shape index (κ3) is 0.655. The van der Waals surface area contributed by atoms with E-state index in [2.05, 4.69) is 5.32 Å². The fourth-order valence-electron chi connectivity index (χ4n) is 2.20. The summed E-state index contributed by atoms with van der Waals surface area (Å²) in [4.78, 5) is 10.6. The maximum Gasteiger partial charge on any atom is 0.124 e. The third-order valence-electron chi connectivity index (χ3n) is 3.14. The molecule has 0 radical (unpaired) electrons. The van der Waals surface area contributed by atoms with Crippen LogP contribution >= 0.6 is 0 Å². The zero-order chi connectivity index (χ0) is 7.03. The van der Waals surface area contributed by atoms with Gasteiger partial charge in [0.2, 0.25) is 0 Å². The fraction of sp³-hybridized carbons (Fsp3) is 0.875. The van der Waals surface area contributed by atoms with Crippen molar-refractivity contribution in [2.24, 2.45) is 11.3 Å². The number of rotatable bonds is 1. The highest BCUT2D eigenvalue weighted by atomic mass is 16.1. The Labute approximate surface area is 61.0 Å². The minimum Gasteiger partial charge on any atom is -0.315 e. The highest BCUT2D eigenvalue weighted by Crippen LogP contribution is 2.48. The first-order chi connectivity index (χ1) is 4.87. The first-order valence-corrected chi connectivity index (χ1v) is 4.03. The van der Waals surface area contributed by atoms with Crippen LogP contribution in [0, 0.1) is 11.3 Å². The van der Waals surface area contributed by atoms with Gasteiger partial charge in [0.25, 0.3) is 0 Å². The van der Waals surface area contributed by atoms with Crippen molar-refractivity contribution in [2.75, 3.05) is 13.1 Å². The summed E-state index contributed by atoms with van der Waals surface area (Å²) in [6.45, 7) is 2.00. The Kier molecular flexibility index (Phi) is 1.31. The Bertz CT molecular complexity index is 151. The molecule has 1 aliphatic carbocycles.